The first-order valence-electron chi connectivity index (χ1n) is 5.80. The molecule has 0 aliphatic heterocycles. The van der Waals surface area contributed by atoms with Crippen molar-refractivity contribution in [2.45, 2.75) is 25.3 Å². The molecule has 1 aromatic carbocycles. The van der Waals surface area contributed by atoms with Crippen LogP contribution in [-0.4, -0.2) is 23.2 Å². The topological polar surface area (TPSA) is 74.1 Å². The fraction of sp³-hybridized carbons (Fsp3) is 0.333. The minimum Gasteiger partial charge on any atom is -0.484 e. The standard InChI is InChI=1S/C12H14ClN3O3S/c1-8-4-9(2)12(10(5-8)20(13,17)18)19-6-11-14-7-15-16(11)3/h4-5,7H,6H2,1-3H3. The molecule has 8 heteroatoms. The lowest BCUT2D eigenvalue weighted by molar-refractivity contribution is 0.280. The van der Waals surface area contributed by atoms with E-state index in [1.807, 2.05) is 6.07 Å². The maximum absolute atomic E-state index is 11.6. The molecule has 0 aliphatic rings. The molecule has 1 aromatic heterocycles. The van der Waals surface area contributed by atoms with Crippen molar-refractivity contribution in [2.75, 3.05) is 0 Å². The predicted octanol–water partition coefficient (Wildman–Crippen LogP) is 1.94. The van der Waals surface area contributed by atoms with Crippen molar-refractivity contribution in [2.24, 2.45) is 7.05 Å². The Morgan fingerprint density at radius 1 is 1.35 bits per heavy atom. The number of hydrogen-bond acceptors (Lipinski definition) is 5. The van der Waals surface area contributed by atoms with Gasteiger partial charge in [0.25, 0.3) is 9.05 Å². The van der Waals surface area contributed by atoms with Crippen LogP contribution in [0.3, 0.4) is 0 Å². The van der Waals surface area contributed by atoms with Gasteiger partial charge in [-0.25, -0.2) is 13.4 Å². The van der Waals surface area contributed by atoms with Gasteiger partial charge in [-0.2, -0.15) is 5.10 Å². The summed E-state index contributed by atoms with van der Waals surface area (Å²) in [5.74, 6) is 0.830. The molecule has 0 saturated carbocycles. The maximum atomic E-state index is 11.6. The highest BCUT2D eigenvalue weighted by atomic mass is 35.7. The van der Waals surface area contributed by atoms with Gasteiger partial charge in [-0.05, 0) is 31.0 Å². The van der Waals surface area contributed by atoms with Crippen LogP contribution in [0.2, 0.25) is 0 Å². The van der Waals surface area contributed by atoms with E-state index in [4.69, 9.17) is 15.4 Å². The molecule has 0 amide bonds. The van der Waals surface area contributed by atoms with Crippen LogP contribution < -0.4 is 4.74 Å². The molecule has 0 N–H and O–H groups in total. The Hall–Kier alpha value is -1.60. The third-order valence-corrected chi connectivity index (χ3v) is 4.13. The summed E-state index contributed by atoms with van der Waals surface area (Å²) in [7, 11) is 3.31. The summed E-state index contributed by atoms with van der Waals surface area (Å²) < 4.78 is 30.4. The van der Waals surface area contributed by atoms with Gasteiger partial charge in [0, 0.05) is 17.7 Å². The molecule has 2 aromatic rings. The molecule has 2 rings (SSSR count). The highest BCUT2D eigenvalue weighted by molar-refractivity contribution is 8.13. The van der Waals surface area contributed by atoms with Crippen molar-refractivity contribution in [3.8, 4) is 5.75 Å². The average molecular weight is 316 g/mol. The van der Waals surface area contributed by atoms with Gasteiger partial charge in [-0.1, -0.05) is 6.07 Å². The molecule has 0 saturated heterocycles. The first kappa shape index (κ1) is 14.8. The third kappa shape index (κ3) is 3.10. The SMILES string of the molecule is Cc1cc(C)c(OCc2ncnn2C)c(S(=O)(=O)Cl)c1. The second-order valence-electron chi connectivity index (χ2n) is 4.44. The van der Waals surface area contributed by atoms with E-state index in [1.165, 1.54) is 12.4 Å². The van der Waals surface area contributed by atoms with Gasteiger partial charge in [-0.3, -0.25) is 4.68 Å². The number of nitrogens with zero attached hydrogens (tertiary/aromatic N) is 3. The Balaban J connectivity index is 2.38. The van der Waals surface area contributed by atoms with E-state index in [2.05, 4.69) is 10.1 Å². The summed E-state index contributed by atoms with van der Waals surface area (Å²) in [6, 6.07) is 3.32. The molecule has 6 nitrogen and oxygen atoms in total. The highest BCUT2D eigenvalue weighted by Crippen LogP contribution is 2.32. The molecule has 0 radical (unpaired) electrons. The molecule has 0 atom stereocenters. The van der Waals surface area contributed by atoms with Gasteiger partial charge in [0.15, 0.2) is 5.82 Å². The molecule has 108 valence electrons. The van der Waals surface area contributed by atoms with Gasteiger partial charge in [0.05, 0.1) is 0 Å². The first-order chi connectivity index (χ1) is 9.29. The van der Waals surface area contributed by atoms with Gasteiger partial charge >= 0.3 is 0 Å². The minimum absolute atomic E-state index is 0.0289. The minimum atomic E-state index is -3.88. The fourth-order valence-corrected chi connectivity index (χ4v) is 2.98. The van der Waals surface area contributed by atoms with Crippen LogP contribution in [0.15, 0.2) is 23.4 Å². The number of ether oxygens (including phenoxy) is 1. The Kier molecular flexibility index (Phi) is 4.01. The van der Waals surface area contributed by atoms with Crippen LogP contribution in [0.25, 0.3) is 0 Å². The number of aryl methyl sites for hydroxylation is 3. The van der Waals surface area contributed by atoms with Gasteiger partial charge in [-0.15, -0.1) is 0 Å². The van der Waals surface area contributed by atoms with Crippen molar-refractivity contribution in [1.82, 2.24) is 14.8 Å². The molecule has 20 heavy (non-hydrogen) atoms. The number of aromatic nitrogens is 3. The van der Waals surface area contributed by atoms with Crippen LogP contribution in [0.5, 0.6) is 5.75 Å². The van der Waals surface area contributed by atoms with E-state index in [9.17, 15) is 8.42 Å². The van der Waals surface area contributed by atoms with E-state index in [1.54, 1.807) is 25.6 Å². The van der Waals surface area contributed by atoms with Crippen LogP contribution >= 0.6 is 10.7 Å². The summed E-state index contributed by atoms with van der Waals surface area (Å²) in [5.41, 5.74) is 1.50. The second-order valence-corrected chi connectivity index (χ2v) is 6.97. The monoisotopic (exact) mass is 315 g/mol. The Morgan fingerprint density at radius 3 is 2.60 bits per heavy atom. The summed E-state index contributed by atoms with van der Waals surface area (Å²) in [4.78, 5) is 3.99. The van der Waals surface area contributed by atoms with E-state index in [0.29, 0.717) is 11.4 Å². The highest BCUT2D eigenvalue weighted by Gasteiger charge is 2.20. The first-order valence-corrected chi connectivity index (χ1v) is 8.11. The second kappa shape index (κ2) is 5.41. The van der Waals surface area contributed by atoms with Gasteiger partial charge < -0.3 is 4.74 Å². The number of halogens is 1. The molecule has 0 unspecified atom stereocenters. The Morgan fingerprint density at radius 2 is 2.05 bits per heavy atom. The van der Waals surface area contributed by atoms with Crippen LogP contribution in [0.4, 0.5) is 0 Å². The fourth-order valence-electron chi connectivity index (χ4n) is 1.87. The predicted molar refractivity (Wildman–Crippen MR) is 74.3 cm³/mol. The molecule has 0 spiro atoms. The Labute approximate surface area is 121 Å². The molecular formula is C12H14ClN3O3S. The normalized spacial score (nSPS) is 11.6. The molecular weight excluding hydrogens is 302 g/mol. The van der Waals surface area contributed by atoms with Crippen molar-refractivity contribution in [3.05, 3.63) is 35.4 Å². The van der Waals surface area contributed by atoms with E-state index in [-0.39, 0.29) is 17.3 Å². The third-order valence-electron chi connectivity index (χ3n) is 2.80. The lowest BCUT2D eigenvalue weighted by atomic mass is 10.1. The van der Waals surface area contributed by atoms with Crippen molar-refractivity contribution >= 4 is 19.7 Å². The summed E-state index contributed by atoms with van der Waals surface area (Å²) >= 11 is 0. The largest absolute Gasteiger partial charge is 0.484 e. The van der Waals surface area contributed by atoms with Crippen LogP contribution in [-0.2, 0) is 22.7 Å². The molecule has 0 bridgehead atoms. The van der Waals surface area contributed by atoms with Crippen molar-refractivity contribution < 1.29 is 13.2 Å². The van der Waals surface area contributed by atoms with Crippen molar-refractivity contribution in [3.63, 3.8) is 0 Å². The quantitative estimate of drug-likeness (QED) is 0.806. The molecule has 1 heterocycles. The van der Waals surface area contributed by atoms with Crippen LogP contribution in [0.1, 0.15) is 17.0 Å². The zero-order chi connectivity index (χ0) is 14.9. The van der Waals surface area contributed by atoms with Gasteiger partial charge in [0.2, 0.25) is 0 Å². The van der Waals surface area contributed by atoms with E-state index >= 15 is 0 Å². The summed E-state index contributed by atoms with van der Waals surface area (Å²) in [6.07, 6.45) is 1.40. The summed E-state index contributed by atoms with van der Waals surface area (Å²) in [6.45, 7) is 3.68. The maximum Gasteiger partial charge on any atom is 0.265 e. The molecule has 0 aliphatic carbocycles. The molecule has 0 fully saturated rings. The Bertz CT molecular complexity index is 740. The van der Waals surface area contributed by atoms with Crippen molar-refractivity contribution in [1.29, 1.82) is 0 Å². The number of benzene rings is 1. The van der Waals surface area contributed by atoms with Gasteiger partial charge in [0.1, 0.15) is 23.6 Å². The van der Waals surface area contributed by atoms with E-state index < -0.39 is 9.05 Å². The average Bonchev–Trinajstić information content (AvgIpc) is 2.72. The zero-order valence-corrected chi connectivity index (χ0v) is 12.9. The lowest BCUT2D eigenvalue weighted by Gasteiger charge is -2.13. The number of hydrogen-bond donors (Lipinski definition) is 0. The zero-order valence-electron chi connectivity index (χ0n) is 11.3. The van der Waals surface area contributed by atoms with E-state index in [0.717, 1.165) is 5.56 Å². The summed E-state index contributed by atoms with van der Waals surface area (Å²) in [5, 5.41) is 3.92. The lowest BCUT2D eigenvalue weighted by Crippen LogP contribution is -2.07. The van der Waals surface area contributed by atoms with Crippen LogP contribution in [0, 0.1) is 13.8 Å². The number of rotatable bonds is 4. The smallest absolute Gasteiger partial charge is 0.265 e.